The first-order chi connectivity index (χ1) is 13.3. The van der Waals surface area contributed by atoms with Crippen molar-refractivity contribution in [1.82, 2.24) is 15.5 Å². The van der Waals surface area contributed by atoms with Gasteiger partial charge < -0.3 is 25.4 Å². The van der Waals surface area contributed by atoms with Crippen LogP contribution < -0.4 is 10.6 Å². The van der Waals surface area contributed by atoms with Crippen LogP contribution in [-0.4, -0.2) is 70.7 Å². The van der Waals surface area contributed by atoms with Crippen molar-refractivity contribution in [3.05, 3.63) is 0 Å². The number of hydrogen-bond donors (Lipinski definition) is 3. The molecule has 3 aliphatic heterocycles. The summed E-state index contributed by atoms with van der Waals surface area (Å²) in [7, 11) is 0. The zero-order chi connectivity index (χ0) is 20.6. The lowest BCUT2D eigenvalue weighted by Crippen LogP contribution is -2.58. The molecule has 3 amide bonds. The van der Waals surface area contributed by atoms with Gasteiger partial charge in [-0.1, -0.05) is 13.8 Å². The van der Waals surface area contributed by atoms with E-state index >= 15 is 0 Å². The first-order valence-corrected chi connectivity index (χ1v) is 10.5. The Balaban J connectivity index is 2.00. The van der Waals surface area contributed by atoms with E-state index in [9.17, 15) is 19.5 Å². The zero-order valence-corrected chi connectivity index (χ0v) is 17.2. The van der Waals surface area contributed by atoms with Gasteiger partial charge in [0.25, 0.3) is 0 Å². The van der Waals surface area contributed by atoms with Gasteiger partial charge in [0.05, 0.1) is 30.6 Å². The fourth-order valence-corrected chi connectivity index (χ4v) is 5.23. The molecule has 6 atom stereocenters. The molecule has 8 heteroatoms. The molecule has 0 aromatic carbocycles. The second-order valence-corrected chi connectivity index (χ2v) is 8.50. The number of amides is 3. The van der Waals surface area contributed by atoms with Crippen LogP contribution in [0.2, 0.25) is 0 Å². The van der Waals surface area contributed by atoms with Gasteiger partial charge in [0.2, 0.25) is 17.7 Å². The van der Waals surface area contributed by atoms with Gasteiger partial charge in [-0.25, -0.2) is 0 Å². The van der Waals surface area contributed by atoms with Gasteiger partial charge >= 0.3 is 0 Å². The van der Waals surface area contributed by atoms with Crippen LogP contribution in [-0.2, 0) is 19.1 Å². The third-order valence-electron chi connectivity index (χ3n) is 6.34. The van der Waals surface area contributed by atoms with Gasteiger partial charge in [0.1, 0.15) is 11.6 Å². The summed E-state index contributed by atoms with van der Waals surface area (Å²) < 4.78 is 6.29. The van der Waals surface area contributed by atoms with Crippen LogP contribution in [0.5, 0.6) is 0 Å². The number of carbonyl (C=O) groups is 3. The molecular weight excluding hydrogens is 362 g/mol. The molecule has 2 bridgehead atoms. The Hall–Kier alpha value is -1.67. The van der Waals surface area contributed by atoms with Crippen molar-refractivity contribution in [2.24, 2.45) is 11.8 Å². The summed E-state index contributed by atoms with van der Waals surface area (Å²) in [5.74, 6) is -1.94. The number of fused-ring (bicyclic) bond motifs is 1. The standard InChI is InChI=1S/C20H33N3O5/c1-5-9-21-17(25)14-13-7-8-20(28-13)15(14)19(27)23(12(6-2)10-24)16(20)18(26)22-11(3)4/h11-16,24H,5-10H2,1-4H3,(H,21,25)(H,22,26)/t12-,13+,14-,15-,16?,20?/m0/s1. The second kappa shape index (κ2) is 7.99. The highest BCUT2D eigenvalue weighted by Gasteiger charge is 2.74. The van der Waals surface area contributed by atoms with Gasteiger partial charge in [0, 0.05) is 12.6 Å². The van der Waals surface area contributed by atoms with Crippen LogP contribution in [0.15, 0.2) is 0 Å². The van der Waals surface area contributed by atoms with Crippen LogP contribution in [0.4, 0.5) is 0 Å². The van der Waals surface area contributed by atoms with Crippen LogP contribution in [0.3, 0.4) is 0 Å². The van der Waals surface area contributed by atoms with Gasteiger partial charge in [0.15, 0.2) is 0 Å². The van der Waals surface area contributed by atoms with Crippen molar-refractivity contribution in [3.8, 4) is 0 Å². The zero-order valence-electron chi connectivity index (χ0n) is 17.2. The van der Waals surface area contributed by atoms with Crippen LogP contribution in [0, 0.1) is 11.8 Å². The average molecular weight is 396 g/mol. The van der Waals surface area contributed by atoms with E-state index in [-0.39, 0.29) is 36.5 Å². The Morgan fingerprint density at radius 2 is 2.04 bits per heavy atom. The van der Waals surface area contributed by atoms with E-state index in [1.165, 1.54) is 4.90 Å². The Morgan fingerprint density at radius 3 is 2.61 bits per heavy atom. The molecule has 1 spiro atoms. The molecule has 0 aliphatic carbocycles. The molecule has 8 nitrogen and oxygen atoms in total. The molecule has 3 rings (SSSR count). The number of rotatable bonds is 8. The number of hydrogen-bond acceptors (Lipinski definition) is 5. The highest BCUT2D eigenvalue weighted by atomic mass is 16.5. The summed E-state index contributed by atoms with van der Waals surface area (Å²) in [6.45, 7) is 7.90. The van der Waals surface area contributed by atoms with E-state index in [2.05, 4.69) is 10.6 Å². The lowest BCUT2D eigenvalue weighted by Gasteiger charge is -2.36. The Labute approximate surface area is 166 Å². The minimum atomic E-state index is -0.989. The van der Waals surface area contributed by atoms with Crippen molar-refractivity contribution in [3.63, 3.8) is 0 Å². The van der Waals surface area contributed by atoms with Gasteiger partial charge in [-0.2, -0.15) is 0 Å². The van der Waals surface area contributed by atoms with E-state index in [1.807, 2.05) is 27.7 Å². The predicted octanol–water partition coefficient (Wildman–Crippen LogP) is 0.183. The van der Waals surface area contributed by atoms with Gasteiger partial charge in [-0.3, -0.25) is 14.4 Å². The quantitative estimate of drug-likeness (QED) is 0.544. The molecular formula is C20H33N3O5. The molecule has 0 aromatic heterocycles. The van der Waals surface area contributed by atoms with Crippen molar-refractivity contribution in [1.29, 1.82) is 0 Å². The third-order valence-corrected chi connectivity index (χ3v) is 6.34. The van der Waals surface area contributed by atoms with E-state index in [4.69, 9.17) is 4.74 Å². The molecule has 3 saturated heterocycles. The number of aliphatic hydroxyl groups excluding tert-OH is 1. The normalized spacial score (nSPS) is 34.6. The lowest BCUT2D eigenvalue weighted by molar-refractivity contribution is -0.145. The fourth-order valence-electron chi connectivity index (χ4n) is 5.23. The Kier molecular flexibility index (Phi) is 6.00. The van der Waals surface area contributed by atoms with E-state index in [0.29, 0.717) is 25.8 Å². The van der Waals surface area contributed by atoms with E-state index in [1.54, 1.807) is 0 Å². The van der Waals surface area contributed by atoms with Crippen LogP contribution in [0.1, 0.15) is 53.4 Å². The topological polar surface area (TPSA) is 108 Å². The largest absolute Gasteiger partial charge is 0.394 e. The van der Waals surface area contributed by atoms with E-state index < -0.39 is 29.5 Å². The van der Waals surface area contributed by atoms with Crippen LogP contribution in [0.25, 0.3) is 0 Å². The number of ether oxygens (including phenoxy) is 1. The molecule has 158 valence electrons. The number of aliphatic hydroxyl groups is 1. The third kappa shape index (κ3) is 3.10. The number of nitrogens with zero attached hydrogens (tertiary/aromatic N) is 1. The molecule has 0 radical (unpaired) electrons. The van der Waals surface area contributed by atoms with Crippen molar-refractivity contribution in [2.45, 2.75) is 83.2 Å². The van der Waals surface area contributed by atoms with E-state index in [0.717, 1.165) is 6.42 Å². The SMILES string of the molecule is CCCNC(=O)[C@@H]1[C@H]2C(=O)N([C@@H](CC)CO)C(C(=O)NC(C)C)C23CC[C@H]1O3. The molecule has 3 aliphatic rings. The minimum absolute atomic E-state index is 0.0867. The van der Waals surface area contributed by atoms with Crippen molar-refractivity contribution >= 4 is 17.7 Å². The second-order valence-electron chi connectivity index (χ2n) is 8.50. The summed E-state index contributed by atoms with van der Waals surface area (Å²) in [6.07, 6.45) is 2.22. The summed E-state index contributed by atoms with van der Waals surface area (Å²) in [4.78, 5) is 41.0. The maximum Gasteiger partial charge on any atom is 0.246 e. The smallest absolute Gasteiger partial charge is 0.246 e. The van der Waals surface area contributed by atoms with Gasteiger partial charge in [-0.05, 0) is 39.5 Å². The summed E-state index contributed by atoms with van der Waals surface area (Å²) in [5, 5.41) is 15.7. The predicted molar refractivity (Wildman–Crippen MR) is 102 cm³/mol. The molecule has 3 heterocycles. The monoisotopic (exact) mass is 395 g/mol. The highest BCUT2D eigenvalue weighted by Crippen LogP contribution is 2.58. The van der Waals surface area contributed by atoms with Crippen LogP contribution >= 0.6 is 0 Å². The molecule has 2 unspecified atom stereocenters. The summed E-state index contributed by atoms with van der Waals surface area (Å²) >= 11 is 0. The molecule has 28 heavy (non-hydrogen) atoms. The molecule has 3 N–H and O–H groups in total. The molecule has 0 saturated carbocycles. The maximum absolute atomic E-state index is 13.5. The first-order valence-electron chi connectivity index (χ1n) is 10.5. The molecule has 0 aromatic rings. The molecule has 3 fully saturated rings. The lowest BCUT2D eigenvalue weighted by atomic mass is 9.70. The number of likely N-dealkylation sites (tertiary alicyclic amines) is 1. The highest BCUT2D eigenvalue weighted by molar-refractivity contribution is 5.99. The minimum Gasteiger partial charge on any atom is -0.394 e. The number of nitrogens with one attached hydrogen (secondary N) is 2. The fraction of sp³-hybridized carbons (Fsp3) is 0.850. The summed E-state index contributed by atoms with van der Waals surface area (Å²) in [5.41, 5.74) is -0.989. The van der Waals surface area contributed by atoms with Crippen molar-refractivity contribution < 1.29 is 24.2 Å². The van der Waals surface area contributed by atoms with Gasteiger partial charge in [-0.15, -0.1) is 0 Å². The average Bonchev–Trinajstić information content (AvgIpc) is 3.28. The summed E-state index contributed by atoms with van der Waals surface area (Å²) in [6, 6.07) is -1.38. The van der Waals surface area contributed by atoms with Crippen molar-refractivity contribution in [2.75, 3.05) is 13.2 Å². The first kappa shape index (κ1) is 21.0. The Bertz CT molecular complexity index is 635. The number of carbonyl (C=O) groups excluding carboxylic acids is 3. The Morgan fingerprint density at radius 1 is 1.32 bits per heavy atom. The maximum atomic E-state index is 13.5.